The maximum Gasteiger partial charge on any atom is 0.223 e. The van der Waals surface area contributed by atoms with Crippen LogP contribution in [-0.2, 0) is 4.79 Å². The van der Waals surface area contributed by atoms with Gasteiger partial charge in [-0.25, -0.2) is 4.39 Å². The van der Waals surface area contributed by atoms with Crippen LogP contribution >= 0.6 is 0 Å². The van der Waals surface area contributed by atoms with Gasteiger partial charge < -0.3 is 4.90 Å². The second kappa shape index (κ2) is 3.64. The molecule has 0 saturated carbocycles. The smallest absolute Gasteiger partial charge is 0.223 e. The minimum atomic E-state index is -0.802. The minimum absolute atomic E-state index is 0.00544. The van der Waals surface area contributed by atoms with Crippen molar-refractivity contribution < 1.29 is 9.18 Å². The Hall–Kier alpha value is -0.600. The molecule has 76 valence electrons. The first kappa shape index (κ1) is 10.5. The van der Waals surface area contributed by atoms with Crippen molar-refractivity contribution in [1.29, 1.82) is 0 Å². The summed E-state index contributed by atoms with van der Waals surface area (Å²) in [7, 11) is 0. The molecule has 0 aromatic heterocycles. The molecule has 0 unspecified atom stereocenters. The maximum atomic E-state index is 12.8. The lowest BCUT2D eigenvalue weighted by Gasteiger charge is -2.22. The number of hydrogen-bond acceptors (Lipinski definition) is 1. The monoisotopic (exact) mass is 187 g/mol. The van der Waals surface area contributed by atoms with E-state index in [2.05, 4.69) is 0 Å². The molecule has 1 saturated heterocycles. The van der Waals surface area contributed by atoms with Crippen molar-refractivity contribution in [2.45, 2.75) is 39.8 Å². The number of carbonyl (C=O) groups excluding carboxylic acids is 1. The largest absolute Gasteiger partial charge is 0.340 e. The first-order valence-corrected chi connectivity index (χ1v) is 4.80. The molecule has 3 heteroatoms. The zero-order chi connectivity index (χ0) is 10.1. The van der Waals surface area contributed by atoms with Crippen molar-refractivity contribution >= 4 is 5.91 Å². The Morgan fingerprint density at radius 1 is 1.54 bits per heavy atom. The van der Waals surface area contributed by atoms with Gasteiger partial charge >= 0.3 is 0 Å². The molecule has 1 aliphatic rings. The summed E-state index contributed by atoms with van der Waals surface area (Å²) >= 11 is 0. The third-order valence-corrected chi connectivity index (χ3v) is 2.17. The molecular formula is C10H18FNO. The summed E-state index contributed by atoms with van der Waals surface area (Å²) < 4.78 is 12.8. The van der Waals surface area contributed by atoms with Gasteiger partial charge in [-0.05, 0) is 11.8 Å². The molecule has 0 radical (unpaired) electrons. The second-order valence-electron chi connectivity index (χ2n) is 4.96. The number of likely N-dealkylation sites (tertiary alicyclic amines) is 1. The number of rotatable bonds is 1. The molecule has 1 fully saturated rings. The molecule has 0 aromatic rings. The number of alkyl halides is 1. The van der Waals surface area contributed by atoms with Gasteiger partial charge in [-0.2, -0.15) is 0 Å². The lowest BCUT2D eigenvalue weighted by Crippen LogP contribution is -2.31. The molecule has 2 nitrogen and oxygen atoms in total. The lowest BCUT2D eigenvalue weighted by atomic mass is 9.92. The van der Waals surface area contributed by atoms with Crippen molar-refractivity contribution in [3.63, 3.8) is 0 Å². The summed E-state index contributed by atoms with van der Waals surface area (Å²) in [6.45, 7) is 6.96. The predicted octanol–water partition coefficient (Wildman–Crippen LogP) is 1.99. The SMILES string of the molecule is CC(C)(C)CC(=O)N1CC[C@H](F)C1. The highest BCUT2D eigenvalue weighted by Gasteiger charge is 2.28. The quantitative estimate of drug-likeness (QED) is 0.614. The highest BCUT2D eigenvalue weighted by atomic mass is 19.1. The van der Waals surface area contributed by atoms with Gasteiger partial charge in [-0.1, -0.05) is 20.8 Å². The third kappa shape index (κ3) is 3.33. The zero-order valence-electron chi connectivity index (χ0n) is 8.64. The molecule has 0 spiro atoms. The van der Waals surface area contributed by atoms with E-state index in [-0.39, 0.29) is 11.3 Å². The Bertz CT molecular complexity index is 198. The van der Waals surface area contributed by atoms with E-state index in [4.69, 9.17) is 0 Å². The van der Waals surface area contributed by atoms with Crippen molar-refractivity contribution in [1.82, 2.24) is 4.90 Å². The van der Waals surface area contributed by atoms with E-state index in [0.29, 0.717) is 25.9 Å². The standard InChI is InChI=1S/C10H18FNO/c1-10(2,3)6-9(13)12-5-4-8(11)7-12/h8H,4-7H2,1-3H3/t8-/m0/s1. The summed E-state index contributed by atoms with van der Waals surface area (Å²) in [5.74, 6) is 0.0904. The van der Waals surface area contributed by atoms with Crippen LogP contribution in [0.2, 0.25) is 0 Å². The van der Waals surface area contributed by atoms with E-state index < -0.39 is 6.17 Å². The highest BCUT2D eigenvalue weighted by Crippen LogP contribution is 2.22. The van der Waals surface area contributed by atoms with Crippen molar-refractivity contribution in [2.24, 2.45) is 5.41 Å². The van der Waals surface area contributed by atoms with Crippen LogP contribution in [0.4, 0.5) is 4.39 Å². The molecule has 13 heavy (non-hydrogen) atoms. The first-order valence-electron chi connectivity index (χ1n) is 4.80. The van der Waals surface area contributed by atoms with Crippen LogP contribution in [0.1, 0.15) is 33.6 Å². The van der Waals surface area contributed by atoms with Gasteiger partial charge in [0.15, 0.2) is 0 Å². The van der Waals surface area contributed by atoms with Gasteiger partial charge in [0.1, 0.15) is 6.17 Å². The molecule has 0 aromatic carbocycles. The summed E-state index contributed by atoms with van der Waals surface area (Å²) in [5.41, 5.74) is 0.00544. The van der Waals surface area contributed by atoms with Crippen LogP contribution < -0.4 is 0 Å². The number of nitrogens with zero attached hydrogens (tertiary/aromatic N) is 1. The Balaban J connectivity index is 2.41. The fourth-order valence-corrected chi connectivity index (χ4v) is 1.51. The van der Waals surface area contributed by atoms with Gasteiger partial charge in [-0.15, -0.1) is 0 Å². The molecule has 1 rings (SSSR count). The zero-order valence-corrected chi connectivity index (χ0v) is 8.64. The van der Waals surface area contributed by atoms with E-state index >= 15 is 0 Å². The summed E-state index contributed by atoms with van der Waals surface area (Å²) in [4.78, 5) is 13.2. The molecule has 1 atom stereocenters. The summed E-state index contributed by atoms with van der Waals surface area (Å²) in [6.07, 6.45) is 0.221. The molecule has 1 amide bonds. The van der Waals surface area contributed by atoms with E-state index in [9.17, 15) is 9.18 Å². The van der Waals surface area contributed by atoms with E-state index in [1.165, 1.54) is 0 Å². The fraction of sp³-hybridized carbons (Fsp3) is 0.900. The van der Waals surface area contributed by atoms with Gasteiger partial charge in [0.25, 0.3) is 0 Å². The molecule has 0 aliphatic carbocycles. The highest BCUT2D eigenvalue weighted by molar-refractivity contribution is 5.77. The fourth-order valence-electron chi connectivity index (χ4n) is 1.51. The Morgan fingerprint density at radius 3 is 2.54 bits per heavy atom. The number of hydrogen-bond donors (Lipinski definition) is 0. The van der Waals surface area contributed by atoms with Gasteiger partial charge in [0, 0.05) is 13.0 Å². The molecule has 1 heterocycles. The van der Waals surface area contributed by atoms with E-state index in [1.807, 2.05) is 20.8 Å². The Kier molecular flexibility index (Phi) is 2.94. The van der Waals surface area contributed by atoms with Crippen LogP contribution in [0.25, 0.3) is 0 Å². The number of amides is 1. The number of halogens is 1. The van der Waals surface area contributed by atoms with E-state index in [1.54, 1.807) is 4.90 Å². The van der Waals surface area contributed by atoms with Crippen LogP contribution in [0, 0.1) is 5.41 Å². The second-order valence-corrected chi connectivity index (χ2v) is 4.96. The van der Waals surface area contributed by atoms with Crippen LogP contribution in [-0.4, -0.2) is 30.1 Å². The van der Waals surface area contributed by atoms with Crippen molar-refractivity contribution in [3.05, 3.63) is 0 Å². The van der Waals surface area contributed by atoms with Crippen LogP contribution in [0.5, 0.6) is 0 Å². The van der Waals surface area contributed by atoms with Crippen LogP contribution in [0.3, 0.4) is 0 Å². The molecule has 0 N–H and O–H groups in total. The average molecular weight is 187 g/mol. The number of carbonyl (C=O) groups is 1. The van der Waals surface area contributed by atoms with E-state index in [0.717, 1.165) is 0 Å². The average Bonchev–Trinajstić information content (AvgIpc) is 2.31. The third-order valence-electron chi connectivity index (χ3n) is 2.17. The molecule has 1 aliphatic heterocycles. The molecular weight excluding hydrogens is 169 g/mol. The normalized spacial score (nSPS) is 23.7. The molecule has 0 bridgehead atoms. The predicted molar refractivity (Wildman–Crippen MR) is 50.2 cm³/mol. The summed E-state index contributed by atoms with van der Waals surface area (Å²) in [5, 5.41) is 0. The van der Waals surface area contributed by atoms with Gasteiger partial charge in [0.05, 0.1) is 6.54 Å². The lowest BCUT2D eigenvalue weighted by molar-refractivity contribution is -0.132. The Labute approximate surface area is 79.1 Å². The Morgan fingerprint density at radius 2 is 2.15 bits per heavy atom. The summed E-state index contributed by atoms with van der Waals surface area (Å²) in [6, 6.07) is 0. The minimum Gasteiger partial charge on any atom is -0.340 e. The maximum absolute atomic E-state index is 12.8. The van der Waals surface area contributed by atoms with Gasteiger partial charge in [0.2, 0.25) is 5.91 Å². The van der Waals surface area contributed by atoms with Crippen molar-refractivity contribution in [2.75, 3.05) is 13.1 Å². The topological polar surface area (TPSA) is 20.3 Å². The van der Waals surface area contributed by atoms with Crippen molar-refractivity contribution in [3.8, 4) is 0 Å². The van der Waals surface area contributed by atoms with Crippen LogP contribution in [0.15, 0.2) is 0 Å². The first-order chi connectivity index (χ1) is 5.88. The van der Waals surface area contributed by atoms with Gasteiger partial charge in [-0.3, -0.25) is 4.79 Å².